The largest absolute Gasteiger partial charge is 0.381 e. The lowest BCUT2D eigenvalue weighted by molar-refractivity contribution is -0.126. The van der Waals surface area contributed by atoms with Crippen LogP contribution >= 0.6 is 11.3 Å². The van der Waals surface area contributed by atoms with Crippen molar-refractivity contribution in [3.05, 3.63) is 22.4 Å². The molecule has 2 amide bonds. The summed E-state index contributed by atoms with van der Waals surface area (Å²) in [6.07, 6.45) is 6.14. The lowest BCUT2D eigenvalue weighted by Crippen LogP contribution is -2.52. The van der Waals surface area contributed by atoms with Crippen LogP contribution in [0, 0.1) is 5.92 Å². The Morgan fingerprint density at radius 2 is 2.17 bits per heavy atom. The summed E-state index contributed by atoms with van der Waals surface area (Å²) in [5.74, 6) is 0.734. The van der Waals surface area contributed by atoms with Crippen LogP contribution < -0.4 is 5.32 Å². The number of amides is 2. The Bertz CT molecular complexity index is 542. The lowest BCUT2D eigenvalue weighted by atomic mass is 10.0. The molecule has 1 aromatic rings. The van der Waals surface area contributed by atoms with Crippen molar-refractivity contribution in [3.63, 3.8) is 0 Å². The van der Waals surface area contributed by atoms with E-state index in [4.69, 9.17) is 4.74 Å². The third-order valence-corrected chi connectivity index (χ3v) is 5.47. The Hall–Kier alpha value is -1.40. The molecular weight excluding hydrogens is 324 g/mol. The first-order valence-corrected chi connectivity index (χ1v) is 9.83. The van der Waals surface area contributed by atoms with Crippen molar-refractivity contribution in [1.82, 2.24) is 10.2 Å². The first kappa shape index (κ1) is 17.4. The maximum Gasteiger partial charge on any atom is 0.264 e. The molecule has 2 heterocycles. The van der Waals surface area contributed by atoms with Crippen molar-refractivity contribution in [2.24, 2.45) is 5.92 Å². The molecule has 2 fully saturated rings. The summed E-state index contributed by atoms with van der Waals surface area (Å²) < 4.78 is 5.58. The molecule has 1 atom stereocenters. The van der Waals surface area contributed by atoms with Crippen LogP contribution in [-0.2, 0) is 9.53 Å². The van der Waals surface area contributed by atoms with Gasteiger partial charge in [-0.05, 0) is 55.9 Å². The lowest BCUT2D eigenvalue weighted by Gasteiger charge is -2.34. The van der Waals surface area contributed by atoms with E-state index in [-0.39, 0.29) is 17.9 Å². The maximum atomic E-state index is 12.6. The molecule has 1 saturated carbocycles. The molecule has 6 heteroatoms. The van der Waals surface area contributed by atoms with Gasteiger partial charge in [0.2, 0.25) is 5.91 Å². The third-order valence-electron chi connectivity index (χ3n) is 4.61. The van der Waals surface area contributed by atoms with E-state index in [9.17, 15) is 9.59 Å². The summed E-state index contributed by atoms with van der Waals surface area (Å²) in [4.78, 5) is 27.5. The number of likely N-dealkylation sites (tertiary alicyclic amines) is 1. The number of carbonyl (C=O) groups is 2. The van der Waals surface area contributed by atoms with Gasteiger partial charge in [-0.25, -0.2) is 0 Å². The van der Waals surface area contributed by atoms with Gasteiger partial charge in [-0.2, -0.15) is 0 Å². The van der Waals surface area contributed by atoms with Crippen LogP contribution in [0.2, 0.25) is 0 Å². The highest BCUT2D eigenvalue weighted by Crippen LogP contribution is 2.28. The molecule has 1 saturated heterocycles. The fraction of sp³-hybridized carbons (Fsp3) is 0.667. The molecule has 0 radical (unpaired) electrons. The number of piperidine rings is 1. The highest BCUT2D eigenvalue weighted by atomic mass is 32.1. The van der Waals surface area contributed by atoms with Gasteiger partial charge < -0.3 is 15.0 Å². The Morgan fingerprint density at radius 1 is 1.29 bits per heavy atom. The minimum atomic E-state index is -0.333. The number of hydrogen-bond acceptors (Lipinski definition) is 4. The van der Waals surface area contributed by atoms with Gasteiger partial charge in [-0.1, -0.05) is 6.07 Å². The van der Waals surface area contributed by atoms with Gasteiger partial charge in [0.05, 0.1) is 4.88 Å². The first-order valence-electron chi connectivity index (χ1n) is 8.95. The molecule has 1 aromatic heterocycles. The number of ether oxygens (including phenoxy) is 1. The SMILES string of the molecule is O=C(NCCCOCC1CC1)C1CCCCN1C(=O)c1cccs1. The van der Waals surface area contributed by atoms with Gasteiger partial charge in [0.25, 0.3) is 5.91 Å². The smallest absolute Gasteiger partial charge is 0.264 e. The molecule has 5 nitrogen and oxygen atoms in total. The van der Waals surface area contributed by atoms with Crippen LogP contribution in [0.15, 0.2) is 17.5 Å². The molecule has 0 aromatic carbocycles. The van der Waals surface area contributed by atoms with Crippen molar-refractivity contribution in [2.75, 3.05) is 26.3 Å². The highest BCUT2D eigenvalue weighted by Gasteiger charge is 2.32. The van der Waals surface area contributed by atoms with Gasteiger partial charge in [0.1, 0.15) is 6.04 Å². The van der Waals surface area contributed by atoms with E-state index < -0.39 is 0 Å². The molecule has 1 N–H and O–H groups in total. The average molecular weight is 350 g/mol. The van der Waals surface area contributed by atoms with E-state index in [0.29, 0.717) is 24.6 Å². The molecular formula is C18H26N2O3S. The van der Waals surface area contributed by atoms with Crippen LogP contribution in [0.3, 0.4) is 0 Å². The zero-order valence-corrected chi connectivity index (χ0v) is 14.9. The van der Waals surface area contributed by atoms with Gasteiger partial charge >= 0.3 is 0 Å². The molecule has 1 unspecified atom stereocenters. The van der Waals surface area contributed by atoms with Crippen molar-refractivity contribution < 1.29 is 14.3 Å². The number of rotatable bonds is 8. The second-order valence-corrected chi connectivity index (χ2v) is 7.60. The Balaban J connectivity index is 1.43. The Morgan fingerprint density at radius 3 is 2.92 bits per heavy atom. The van der Waals surface area contributed by atoms with Gasteiger partial charge in [-0.3, -0.25) is 9.59 Å². The number of nitrogens with zero attached hydrogens (tertiary/aromatic N) is 1. The fourth-order valence-corrected chi connectivity index (χ4v) is 3.71. The van der Waals surface area contributed by atoms with Crippen LogP contribution in [0.1, 0.15) is 48.2 Å². The average Bonchev–Trinajstić information content (AvgIpc) is 3.27. The number of carbonyl (C=O) groups excluding carboxylic acids is 2. The van der Waals surface area contributed by atoms with Crippen LogP contribution in [0.5, 0.6) is 0 Å². The van der Waals surface area contributed by atoms with Gasteiger partial charge in [0.15, 0.2) is 0 Å². The minimum absolute atomic E-state index is 0.0161. The standard InChI is InChI=1S/C18H26N2O3S/c21-17(19-9-4-11-23-13-14-7-8-14)15-5-1-2-10-20(15)18(22)16-6-3-12-24-16/h3,6,12,14-15H,1-2,4-5,7-11,13H2,(H,19,21). The van der Waals surface area contributed by atoms with E-state index in [1.807, 2.05) is 17.5 Å². The molecule has 24 heavy (non-hydrogen) atoms. The van der Waals surface area contributed by atoms with Crippen LogP contribution in [0.4, 0.5) is 0 Å². The summed E-state index contributed by atoms with van der Waals surface area (Å²) in [6.45, 7) is 2.83. The van der Waals surface area contributed by atoms with E-state index in [0.717, 1.165) is 38.2 Å². The summed E-state index contributed by atoms with van der Waals surface area (Å²) in [7, 11) is 0. The Kier molecular flexibility index (Phi) is 6.26. The summed E-state index contributed by atoms with van der Waals surface area (Å²) in [5, 5.41) is 4.87. The zero-order chi connectivity index (χ0) is 16.8. The molecule has 3 rings (SSSR count). The zero-order valence-electron chi connectivity index (χ0n) is 14.0. The molecule has 0 bridgehead atoms. The van der Waals surface area contributed by atoms with E-state index in [1.165, 1.54) is 24.2 Å². The van der Waals surface area contributed by atoms with Crippen molar-refractivity contribution >= 4 is 23.2 Å². The predicted octanol–water partition coefficient (Wildman–Crippen LogP) is 2.68. The summed E-state index contributed by atoms with van der Waals surface area (Å²) in [5.41, 5.74) is 0. The second-order valence-electron chi connectivity index (χ2n) is 6.65. The molecule has 0 spiro atoms. The van der Waals surface area contributed by atoms with Crippen molar-refractivity contribution in [1.29, 1.82) is 0 Å². The monoisotopic (exact) mass is 350 g/mol. The van der Waals surface area contributed by atoms with Crippen LogP contribution in [-0.4, -0.2) is 49.1 Å². The first-order chi connectivity index (χ1) is 11.8. The quantitative estimate of drug-likeness (QED) is 0.733. The number of hydrogen-bond donors (Lipinski definition) is 1. The van der Waals surface area contributed by atoms with Crippen molar-refractivity contribution in [2.45, 2.75) is 44.6 Å². The molecule has 2 aliphatic rings. The summed E-state index contributed by atoms with van der Waals surface area (Å²) >= 11 is 1.43. The molecule has 1 aliphatic carbocycles. The minimum Gasteiger partial charge on any atom is -0.381 e. The van der Waals surface area contributed by atoms with Crippen LogP contribution in [0.25, 0.3) is 0 Å². The molecule has 1 aliphatic heterocycles. The second kappa shape index (κ2) is 8.62. The number of nitrogens with one attached hydrogen (secondary N) is 1. The maximum absolute atomic E-state index is 12.6. The van der Waals surface area contributed by atoms with E-state index in [1.54, 1.807) is 4.90 Å². The summed E-state index contributed by atoms with van der Waals surface area (Å²) in [6, 6.07) is 3.37. The number of thiophene rings is 1. The van der Waals surface area contributed by atoms with Gasteiger partial charge in [-0.15, -0.1) is 11.3 Å². The normalized spacial score (nSPS) is 20.8. The topological polar surface area (TPSA) is 58.6 Å². The Labute approximate surface area is 147 Å². The fourth-order valence-electron chi connectivity index (χ4n) is 3.03. The third kappa shape index (κ3) is 4.80. The predicted molar refractivity (Wildman–Crippen MR) is 94.2 cm³/mol. The van der Waals surface area contributed by atoms with Crippen molar-refractivity contribution in [3.8, 4) is 0 Å². The van der Waals surface area contributed by atoms with E-state index in [2.05, 4.69) is 5.32 Å². The highest BCUT2D eigenvalue weighted by molar-refractivity contribution is 7.12. The van der Waals surface area contributed by atoms with E-state index >= 15 is 0 Å². The van der Waals surface area contributed by atoms with Gasteiger partial charge in [0, 0.05) is 26.3 Å². The molecule has 132 valence electrons.